The minimum atomic E-state index is -0.572. The summed E-state index contributed by atoms with van der Waals surface area (Å²) < 4.78 is 18.2. The van der Waals surface area contributed by atoms with Gasteiger partial charge in [-0.2, -0.15) is 0 Å². The lowest BCUT2D eigenvalue weighted by molar-refractivity contribution is 0.0715. The monoisotopic (exact) mass is 329 g/mol. The van der Waals surface area contributed by atoms with Crippen LogP contribution in [0.4, 0.5) is 4.39 Å². The van der Waals surface area contributed by atoms with Crippen LogP contribution in [-0.4, -0.2) is 35.7 Å². The van der Waals surface area contributed by atoms with E-state index in [2.05, 4.69) is 0 Å². The highest BCUT2D eigenvalue weighted by molar-refractivity contribution is 5.94. The molecule has 2 unspecified atom stereocenters. The molecule has 1 saturated heterocycles. The van der Waals surface area contributed by atoms with Crippen LogP contribution >= 0.6 is 0 Å². The van der Waals surface area contributed by atoms with Crippen molar-refractivity contribution in [2.24, 2.45) is 0 Å². The molecule has 1 amide bonds. The van der Waals surface area contributed by atoms with Crippen LogP contribution in [0.2, 0.25) is 0 Å². The van der Waals surface area contributed by atoms with E-state index >= 15 is 0 Å². The van der Waals surface area contributed by atoms with Crippen molar-refractivity contribution in [3.63, 3.8) is 0 Å². The second-order valence-electron chi connectivity index (χ2n) is 6.04. The van der Waals surface area contributed by atoms with Crippen LogP contribution in [0.15, 0.2) is 48.5 Å². The Labute approximate surface area is 140 Å². The highest BCUT2D eigenvalue weighted by atomic mass is 19.1. The number of aliphatic hydroxyl groups excluding tert-OH is 1. The van der Waals surface area contributed by atoms with Crippen molar-refractivity contribution in [3.8, 4) is 0 Å². The second-order valence-corrected chi connectivity index (χ2v) is 6.04. The number of carbonyl (C=O) groups is 1. The number of likely N-dealkylation sites (tertiary alicyclic amines) is 1. The van der Waals surface area contributed by atoms with Gasteiger partial charge in [0, 0.05) is 19.2 Å². The molecule has 2 aromatic rings. The van der Waals surface area contributed by atoms with E-state index in [0.29, 0.717) is 18.6 Å². The van der Waals surface area contributed by atoms with Crippen LogP contribution in [0.25, 0.3) is 0 Å². The molecule has 0 radical (unpaired) electrons. The van der Waals surface area contributed by atoms with Gasteiger partial charge in [-0.05, 0) is 41.8 Å². The van der Waals surface area contributed by atoms with E-state index in [-0.39, 0.29) is 24.3 Å². The quantitative estimate of drug-likeness (QED) is 0.938. The Kier molecular flexibility index (Phi) is 4.92. The van der Waals surface area contributed by atoms with Crippen LogP contribution in [0.1, 0.15) is 33.9 Å². The zero-order valence-electron chi connectivity index (χ0n) is 13.5. The minimum Gasteiger partial charge on any atom is -0.391 e. The largest absolute Gasteiger partial charge is 0.391 e. The Morgan fingerprint density at radius 3 is 2.50 bits per heavy atom. The molecule has 4 nitrogen and oxygen atoms in total. The zero-order chi connectivity index (χ0) is 17.1. The predicted molar refractivity (Wildman–Crippen MR) is 88.0 cm³/mol. The summed E-state index contributed by atoms with van der Waals surface area (Å²) in [6.45, 7) is 0.774. The van der Waals surface area contributed by atoms with Crippen LogP contribution in [0.5, 0.6) is 0 Å². The van der Waals surface area contributed by atoms with E-state index in [1.807, 2.05) is 12.1 Å². The van der Waals surface area contributed by atoms with Gasteiger partial charge in [-0.15, -0.1) is 0 Å². The Balaban J connectivity index is 1.82. The molecule has 0 spiro atoms. The van der Waals surface area contributed by atoms with E-state index < -0.39 is 6.10 Å². The van der Waals surface area contributed by atoms with Crippen molar-refractivity contribution in [1.29, 1.82) is 0 Å². The number of hydrogen-bond acceptors (Lipinski definition) is 3. The number of methoxy groups -OCH3 is 1. The summed E-state index contributed by atoms with van der Waals surface area (Å²) in [5.74, 6) is -0.450. The zero-order valence-corrected chi connectivity index (χ0v) is 13.5. The first-order valence-corrected chi connectivity index (χ1v) is 7.91. The van der Waals surface area contributed by atoms with Gasteiger partial charge in [0.2, 0.25) is 0 Å². The molecule has 1 fully saturated rings. The van der Waals surface area contributed by atoms with E-state index in [0.717, 1.165) is 11.1 Å². The summed E-state index contributed by atoms with van der Waals surface area (Å²) in [4.78, 5) is 14.5. The molecule has 1 N–H and O–H groups in total. The standard InChI is InChI=1S/C19H20FNO3/c1-24-12-13-2-4-15(5-3-13)19(23)21-11-17(22)10-18(21)14-6-8-16(20)9-7-14/h2-9,17-18,22H,10-12H2,1H3. The highest BCUT2D eigenvalue weighted by Gasteiger charge is 2.35. The SMILES string of the molecule is COCc1ccc(C(=O)N2CC(O)CC2c2ccc(F)cc2)cc1. The fourth-order valence-electron chi connectivity index (χ4n) is 3.12. The Hall–Kier alpha value is -2.24. The first-order chi connectivity index (χ1) is 11.6. The van der Waals surface area contributed by atoms with Gasteiger partial charge in [0.25, 0.3) is 5.91 Å². The summed E-state index contributed by atoms with van der Waals surface area (Å²) in [6.07, 6.45) is -0.115. The molecule has 5 heteroatoms. The third-order valence-electron chi connectivity index (χ3n) is 4.31. The van der Waals surface area contributed by atoms with Gasteiger partial charge in [-0.25, -0.2) is 4.39 Å². The van der Waals surface area contributed by atoms with Crippen LogP contribution in [0, 0.1) is 5.82 Å². The van der Waals surface area contributed by atoms with Gasteiger partial charge in [0.05, 0.1) is 18.8 Å². The van der Waals surface area contributed by atoms with E-state index in [4.69, 9.17) is 4.74 Å². The molecule has 0 bridgehead atoms. The van der Waals surface area contributed by atoms with Crippen molar-refractivity contribution < 1.29 is 19.0 Å². The third-order valence-corrected chi connectivity index (χ3v) is 4.31. The average Bonchev–Trinajstić information content (AvgIpc) is 2.98. The van der Waals surface area contributed by atoms with E-state index in [1.54, 1.807) is 36.3 Å². The molecule has 2 atom stereocenters. The maximum atomic E-state index is 13.1. The van der Waals surface area contributed by atoms with Gasteiger partial charge in [0.15, 0.2) is 0 Å². The number of halogens is 1. The lowest BCUT2D eigenvalue weighted by Crippen LogP contribution is -2.31. The summed E-state index contributed by atoms with van der Waals surface area (Å²) in [5, 5.41) is 10.0. The van der Waals surface area contributed by atoms with E-state index in [9.17, 15) is 14.3 Å². The van der Waals surface area contributed by atoms with Gasteiger partial charge < -0.3 is 14.7 Å². The number of amides is 1. The van der Waals surface area contributed by atoms with Crippen molar-refractivity contribution in [3.05, 3.63) is 71.0 Å². The number of carbonyl (C=O) groups excluding carboxylic acids is 1. The molecule has 1 aliphatic rings. The maximum absolute atomic E-state index is 13.1. The normalized spacial score (nSPS) is 20.4. The number of rotatable bonds is 4. The van der Waals surface area contributed by atoms with Gasteiger partial charge in [-0.3, -0.25) is 4.79 Å². The molecule has 0 aromatic heterocycles. The molecule has 3 rings (SSSR count). The van der Waals surface area contributed by atoms with Gasteiger partial charge in [0.1, 0.15) is 5.82 Å². The number of β-amino-alcohol motifs (C(OH)–C–C–N with tert-alkyl or cyclic N) is 1. The lowest BCUT2D eigenvalue weighted by Gasteiger charge is -2.25. The van der Waals surface area contributed by atoms with Crippen molar-refractivity contribution in [1.82, 2.24) is 4.90 Å². The maximum Gasteiger partial charge on any atom is 0.254 e. The first kappa shape index (κ1) is 16.6. The third kappa shape index (κ3) is 3.47. The van der Waals surface area contributed by atoms with Crippen LogP contribution < -0.4 is 0 Å². The average molecular weight is 329 g/mol. The summed E-state index contributed by atoms with van der Waals surface area (Å²) in [6, 6.07) is 13.1. The molecule has 0 saturated carbocycles. The molecule has 24 heavy (non-hydrogen) atoms. The number of nitrogens with zero attached hydrogens (tertiary/aromatic N) is 1. The topological polar surface area (TPSA) is 49.8 Å². The first-order valence-electron chi connectivity index (χ1n) is 7.91. The summed E-state index contributed by atoms with van der Waals surface area (Å²) >= 11 is 0. The molecule has 0 aliphatic carbocycles. The number of hydrogen-bond donors (Lipinski definition) is 1. The number of aliphatic hydroxyl groups is 1. The smallest absolute Gasteiger partial charge is 0.254 e. The molecule has 1 heterocycles. The van der Waals surface area contributed by atoms with Gasteiger partial charge in [-0.1, -0.05) is 24.3 Å². The lowest BCUT2D eigenvalue weighted by atomic mass is 10.0. The van der Waals surface area contributed by atoms with Crippen LogP contribution in [0.3, 0.4) is 0 Å². The fourth-order valence-corrected chi connectivity index (χ4v) is 3.12. The number of ether oxygens (including phenoxy) is 1. The minimum absolute atomic E-state index is 0.134. The van der Waals surface area contributed by atoms with E-state index in [1.165, 1.54) is 12.1 Å². The van der Waals surface area contributed by atoms with Crippen molar-refractivity contribution in [2.45, 2.75) is 25.2 Å². The van der Waals surface area contributed by atoms with Crippen molar-refractivity contribution >= 4 is 5.91 Å². The summed E-state index contributed by atoms with van der Waals surface area (Å²) in [5.41, 5.74) is 2.39. The molecule has 1 aliphatic heterocycles. The molecular weight excluding hydrogens is 309 g/mol. The van der Waals surface area contributed by atoms with Crippen molar-refractivity contribution in [2.75, 3.05) is 13.7 Å². The molecule has 126 valence electrons. The Morgan fingerprint density at radius 1 is 1.21 bits per heavy atom. The Bertz CT molecular complexity index is 700. The predicted octanol–water partition coefficient (Wildman–Crippen LogP) is 2.92. The molecular formula is C19H20FNO3. The van der Waals surface area contributed by atoms with Crippen LogP contribution in [-0.2, 0) is 11.3 Å². The van der Waals surface area contributed by atoms with Gasteiger partial charge >= 0.3 is 0 Å². The summed E-state index contributed by atoms with van der Waals surface area (Å²) in [7, 11) is 1.62. The highest BCUT2D eigenvalue weighted by Crippen LogP contribution is 2.33. The molecule has 2 aromatic carbocycles. The Morgan fingerprint density at radius 2 is 1.88 bits per heavy atom. The fraction of sp³-hybridized carbons (Fsp3) is 0.316. The number of benzene rings is 2. The second kappa shape index (κ2) is 7.11.